The van der Waals surface area contributed by atoms with Crippen LogP contribution in [-0.2, 0) is 17.8 Å². The predicted molar refractivity (Wildman–Crippen MR) is 78.2 cm³/mol. The average Bonchev–Trinajstić information content (AvgIpc) is 2.84. The maximum Gasteiger partial charge on any atom is 0.228 e. The van der Waals surface area contributed by atoms with Crippen molar-refractivity contribution < 1.29 is 4.79 Å². The Balaban J connectivity index is 1.98. The molecule has 2 rings (SSSR count). The molecular formula is C15H15N3OS. The monoisotopic (exact) mass is 285 g/mol. The minimum atomic E-state index is 0.0256. The molecule has 5 heteroatoms. The Labute approximate surface area is 122 Å². The van der Waals surface area contributed by atoms with Gasteiger partial charge in [-0.25, -0.2) is 4.98 Å². The number of aryl methyl sites for hydroxylation is 1. The van der Waals surface area contributed by atoms with Gasteiger partial charge in [-0.2, -0.15) is 5.26 Å². The van der Waals surface area contributed by atoms with E-state index in [1.165, 1.54) is 0 Å². The smallest absolute Gasteiger partial charge is 0.228 e. The lowest BCUT2D eigenvalue weighted by Crippen LogP contribution is -2.27. The van der Waals surface area contributed by atoms with E-state index in [-0.39, 0.29) is 5.91 Å². The summed E-state index contributed by atoms with van der Waals surface area (Å²) in [6.07, 6.45) is 0.318. The number of aromatic nitrogens is 1. The van der Waals surface area contributed by atoms with Crippen LogP contribution in [0.15, 0.2) is 29.6 Å². The van der Waals surface area contributed by atoms with E-state index in [1.807, 2.05) is 24.4 Å². The molecule has 1 amide bonds. The highest BCUT2D eigenvalue weighted by atomic mass is 32.1. The number of rotatable bonds is 4. The van der Waals surface area contributed by atoms with Crippen molar-refractivity contribution in [3.8, 4) is 6.07 Å². The fourth-order valence-corrected chi connectivity index (χ4v) is 2.49. The van der Waals surface area contributed by atoms with Crippen molar-refractivity contribution in [2.24, 2.45) is 0 Å². The summed E-state index contributed by atoms with van der Waals surface area (Å²) in [5, 5.41) is 11.7. The summed E-state index contributed by atoms with van der Waals surface area (Å²) in [5.74, 6) is 0.0256. The van der Waals surface area contributed by atoms with E-state index < -0.39 is 0 Å². The molecule has 0 aliphatic rings. The van der Waals surface area contributed by atoms with Gasteiger partial charge < -0.3 is 4.90 Å². The van der Waals surface area contributed by atoms with Crippen LogP contribution in [-0.4, -0.2) is 22.8 Å². The Morgan fingerprint density at radius 2 is 2.30 bits per heavy atom. The number of carbonyl (C=O) groups excluding carboxylic acids is 1. The third-order valence-electron chi connectivity index (χ3n) is 2.90. The van der Waals surface area contributed by atoms with Crippen molar-refractivity contribution in [2.45, 2.75) is 19.9 Å². The number of hydrogen-bond donors (Lipinski definition) is 0. The quantitative estimate of drug-likeness (QED) is 0.867. The third kappa shape index (κ3) is 3.65. The van der Waals surface area contributed by atoms with E-state index in [0.29, 0.717) is 18.5 Å². The summed E-state index contributed by atoms with van der Waals surface area (Å²) in [5.41, 5.74) is 2.38. The molecule has 2 aromatic rings. The zero-order chi connectivity index (χ0) is 14.5. The molecule has 0 saturated carbocycles. The van der Waals surface area contributed by atoms with Crippen LogP contribution < -0.4 is 0 Å². The second kappa shape index (κ2) is 6.31. The topological polar surface area (TPSA) is 57.0 Å². The summed E-state index contributed by atoms with van der Waals surface area (Å²) in [4.78, 5) is 18.1. The van der Waals surface area contributed by atoms with Crippen LogP contribution >= 0.6 is 11.3 Å². The van der Waals surface area contributed by atoms with Crippen molar-refractivity contribution >= 4 is 17.2 Å². The zero-order valence-corrected chi connectivity index (χ0v) is 12.3. The van der Waals surface area contributed by atoms with Crippen molar-refractivity contribution in [3.05, 3.63) is 51.5 Å². The van der Waals surface area contributed by atoms with E-state index in [0.717, 1.165) is 16.3 Å². The van der Waals surface area contributed by atoms with Gasteiger partial charge in [0.2, 0.25) is 5.91 Å². The number of amides is 1. The molecule has 0 aliphatic heterocycles. The molecule has 0 unspecified atom stereocenters. The second-order valence-corrected chi connectivity index (χ2v) is 5.66. The van der Waals surface area contributed by atoms with Gasteiger partial charge in [-0.3, -0.25) is 4.79 Å². The van der Waals surface area contributed by atoms with Crippen molar-refractivity contribution in [1.82, 2.24) is 9.88 Å². The fourth-order valence-electron chi connectivity index (χ4n) is 1.88. The molecule has 102 valence electrons. The minimum absolute atomic E-state index is 0.0256. The Bertz CT molecular complexity index is 657. The van der Waals surface area contributed by atoms with E-state index in [2.05, 4.69) is 11.1 Å². The van der Waals surface area contributed by atoms with Gasteiger partial charge in [0.05, 0.1) is 28.8 Å². The van der Waals surface area contributed by atoms with E-state index >= 15 is 0 Å². The standard InChI is InChI=1S/C15H15N3OS/c1-11-17-14(10-20-11)7-15(19)18(2)9-13-5-3-4-12(6-13)8-16/h3-6,10H,7,9H2,1-2H3. The summed E-state index contributed by atoms with van der Waals surface area (Å²) in [7, 11) is 1.76. The van der Waals surface area contributed by atoms with E-state index in [1.54, 1.807) is 35.4 Å². The van der Waals surface area contributed by atoms with Crippen molar-refractivity contribution in [1.29, 1.82) is 5.26 Å². The zero-order valence-electron chi connectivity index (χ0n) is 11.5. The molecule has 0 aliphatic carbocycles. The predicted octanol–water partition coefficient (Wildman–Crippen LogP) is 2.52. The highest BCUT2D eigenvalue weighted by Gasteiger charge is 2.12. The molecule has 0 N–H and O–H groups in total. The normalized spacial score (nSPS) is 10.1. The average molecular weight is 285 g/mol. The number of benzene rings is 1. The molecule has 1 heterocycles. The molecule has 20 heavy (non-hydrogen) atoms. The van der Waals surface area contributed by atoms with Gasteiger partial charge in [0.1, 0.15) is 0 Å². The fraction of sp³-hybridized carbons (Fsp3) is 0.267. The second-order valence-electron chi connectivity index (χ2n) is 4.60. The van der Waals surface area contributed by atoms with Crippen LogP contribution in [0.4, 0.5) is 0 Å². The maximum absolute atomic E-state index is 12.1. The number of carbonyl (C=O) groups is 1. The molecule has 1 aromatic carbocycles. The van der Waals surface area contributed by atoms with E-state index in [9.17, 15) is 4.79 Å². The van der Waals surface area contributed by atoms with Crippen LogP contribution in [0.25, 0.3) is 0 Å². The Morgan fingerprint density at radius 1 is 1.50 bits per heavy atom. The number of nitriles is 1. The summed E-state index contributed by atoms with van der Waals surface area (Å²) >= 11 is 1.55. The number of hydrogen-bond acceptors (Lipinski definition) is 4. The van der Waals surface area contributed by atoms with E-state index in [4.69, 9.17) is 5.26 Å². The van der Waals surface area contributed by atoms with Gasteiger partial charge in [-0.05, 0) is 24.6 Å². The molecule has 4 nitrogen and oxygen atoms in total. The van der Waals surface area contributed by atoms with Crippen molar-refractivity contribution in [3.63, 3.8) is 0 Å². The first-order valence-corrected chi connectivity index (χ1v) is 7.10. The highest BCUT2D eigenvalue weighted by Crippen LogP contribution is 2.11. The van der Waals surface area contributed by atoms with Gasteiger partial charge in [0, 0.05) is 19.0 Å². The summed E-state index contributed by atoms with van der Waals surface area (Å²) in [6, 6.07) is 9.40. The van der Waals surface area contributed by atoms with Crippen LogP contribution in [0, 0.1) is 18.3 Å². The molecule has 0 bridgehead atoms. The lowest BCUT2D eigenvalue weighted by Gasteiger charge is -2.16. The highest BCUT2D eigenvalue weighted by molar-refractivity contribution is 7.09. The van der Waals surface area contributed by atoms with Gasteiger partial charge in [-0.15, -0.1) is 11.3 Å². The number of nitrogens with zero attached hydrogens (tertiary/aromatic N) is 3. The largest absolute Gasteiger partial charge is 0.341 e. The van der Waals surface area contributed by atoms with Crippen LogP contribution in [0.5, 0.6) is 0 Å². The number of likely N-dealkylation sites (N-methyl/N-ethyl adjacent to an activating group) is 1. The van der Waals surface area contributed by atoms with Gasteiger partial charge in [0.15, 0.2) is 0 Å². The van der Waals surface area contributed by atoms with Gasteiger partial charge >= 0.3 is 0 Å². The first-order chi connectivity index (χ1) is 9.58. The minimum Gasteiger partial charge on any atom is -0.341 e. The first kappa shape index (κ1) is 14.2. The van der Waals surface area contributed by atoms with Gasteiger partial charge in [-0.1, -0.05) is 12.1 Å². The molecule has 0 radical (unpaired) electrons. The summed E-state index contributed by atoms with van der Waals surface area (Å²) in [6.45, 7) is 2.42. The SMILES string of the molecule is Cc1nc(CC(=O)N(C)Cc2cccc(C#N)c2)cs1. The lowest BCUT2D eigenvalue weighted by molar-refractivity contribution is -0.129. The molecule has 1 aromatic heterocycles. The van der Waals surface area contributed by atoms with Gasteiger partial charge in [0.25, 0.3) is 0 Å². The van der Waals surface area contributed by atoms with Crippen LogP contribution in [0.3, 0.4) is 0 Å². The van der Waals surface area contributed by atoms with Crippen LogP contribution in [0.2, 0.25) is 0 Å². The molecule has 0 spiro atoms. The molecule has 0 saturated heterocycles. The van der Waals surface area contributed by atoms with Crippen molar-refractivity contribution in [2.75, 3.05) is 7.05 Å². The molecule has 0 atom stereocenters. The third-order valence-corrected chi connectivity index (χ3v) is 3.72. The Hall–Kier alpha value is -2.19. The Kier molecular flexibility index (Phi) is 4.49. The summed E-state index contributed by atoms with van der Waals surface area (Å²) < 4.78 is 0. The molecular weight excluding hydrogens is 270 g/mol. The lowest BCUT2D eigenvalue weighted by atomic mass is 10.1. The number of thiazole rings is 1. The Morgan fingerprint density at radius 3 is 2.95 bits per heavy atom. The molecule has 0 fully saturated rings. The maximum atomic E-state index is 12.1. The van der Waals surface area contributed by atoms with Crippen LogP contribution in [0.1, 0.15) is 21.8 Å². The first-order valence-electron chi connectivity index (χ1n) is 6.22.